The number of ether oxygens (including phenoxy) is 1. The molecule has 1 aliphatic heterocycles. The molecule has 1 aromatic heterocycles. The second-order valence-corrected chi connectivity index (χ2v) is 8.19. The number of halogens is 1. The van der Waals surface area contributed by atoms with E-state index in [-0.39, 0.29) is 17.3 Å². The minimum absolute atomic E-state index is 0.147. The van der Waals surface area contributed by atoms with Crippen molar-refractivity contribution in [2.75, 3.05) is 38.2 Å². The first kappa shape index (κ1) is 21.7. The van der Waals surface area contributed by atoms with Crippen molar-refractivity contribution in [3.63, 3.8) is 0 Å². The molecule has 0 N–H and O–H groups in total. The number of fused-ring (bicyclic) bond motifs is 1. The molecule has 3 aromatic carbocycles. The van der Waals surface area contributed by atoms with Crippen LogP contribution in [-0.4, -0.2) is 48.7 Å². The van der Waals surface area contributed by atoms with E-state index in [1.165, 1.54) is 10.6 Å². The molecule has 1 fully saturated rings. The van der Waals surface area contributed by atoms with Crippen LogP contribution in [-0.2, 0) is 0 Å². The van der Waals surface area contributed by atoms with E-state index in [0.717, 1.165) is 0 Å². The van der Waals surface area contributed by atoms with Crippen LogP contribution >= 0.6 is 0 Å². The summed E-state index contributed by atoms with van der Waals surface area (Å²) in [7, 11) is 1.58. The Morgan fingerprint density at radius 1 is 0.853 bits per heavy atom. The van der Waals surface area contributed by atoms with E-state index >= 15 is 0 Å². The van der Waals surface area contributed by atoms with Gasteiger partial charge in [0.05, 0.1) is 18.4 Å². The van der Waals surface area contributed by atoms with Gasteiger partial charge in [0.25, 0.3) is 11.5 Å². The first-order chi connectivity index (χ1) is 16.6. The summed E-state index contributed by atoms with van der Waals surface area (Å²) in [4.78, 5) is 30.6. The summed E-state index contributed by atoms with van der Waals surface area (Å²) in [6, 6.07) is 21.0. The zero-order chi connectivity index (χ0) is 23.7. The molecule has 0 saturated carbocycles. The van der Waals surface area contributed by atoms with Gasteiger partial charge in [-0.15, -0.1) is 0 Å². The molecule has 1 amide bonds. The van der Waals surface area contributed by atoms with Crippen molar-refractivity contribution >= 4 is 22.4 Å². The molecule has 0 unspecified atom stereocenters. The average molecular weight is 458 g/mol. The normalized spacial score (nSPS) is 13.8. The Kier molecular flexibility index (Phi) is 5.76. The molecule has 1 aliphatic rings. The third-order valence-corrected chi connectivity index (χ3v) is 6.27. The van der Waals surface area contributed by atoms with Gasteiger partial charge in [-0.25, -0.2) is 4.39 Å². The van der Waals surface area contributed by atoms with Crippen molar-refractivity contribution in [3.8, 4) is 11.4 Å². The fourth-order valence-corrected chi connectivity index (χ4v) is 4.43. The zero-order valence-corrected chi connectivity index (χ0v) is 18.8. The van der Waals surface area contributed by atoms with E-state index in [9.17, 15) is 14.0 Å². The lowest BCUT2D eigenvalue weighted by Crippen LogP contribution is -2.49. The number of rotatable bonds is 4. The number of aromatic nitrogens is 1. The number of carbonyl (C=O) groups excluding carboxylic acids is 1. The highest BCUT2D eigenvalue weighted by Crippen LogP contribution is 2.23. The number of anilines is 1. The number of amides is 1. The summed E-state index contributed by atoms with van der Waals surface area (Å²) in [5.74, 6) is 0.271. The quantitative estimate of drug-likeness (QED) is 0.463. The van der Waals surface area contributed by atoms with E-state index in [4.69, 9.17) is 4.74 Å². The van der Waals surface area contributed by atoms with E-state index in [1.807, 2.05) is 17.0 Å². The summed E-state index contributed by atoms with van der Waals surface area (Å²) in [6.07, 6.45) is 1.62. The van der Waals surface area contributed by atoms with Crippen LogP contribution in [0.3, 0.4) is 0 Å². The molecule has 0 radical (unpaired) electrons. The first-order valence-corrected chi connectivity index (χ1v) is 11.1. The molecule has 2 heterocycles. The third-order valence-electron chi connectivity index (χ3n) is 6.27. The minimum atomic E-state index is -0.264. The summed E-state index contributed by atoms with van der Waals surface area (Å²) < 4.78 is 20.9. The van der Waals surface area contributed by atoms with Crippen molar-refractivity contribution in [2.45, 2.75) is 0 Å². The maximum Gasteiger partial charge on any atom is 0.262 e. The van der Waals surface area contributed by atoms with Gasteiger partial charge in [-0.2, -0.15) is 0 Å². The largest absolute Gasteiger partial charge is 0.497 e. The zero-order valence-electron chi connectivity index (χ0n) is 18.8. The molecular weight excluding hydrogens is 433 g/mol. The summed E-state index contributed by atoms with van der Waals surface area (Å²) in [6.45, 7) is 1.98. The Balaban J connectivity index is 1.48. The highest BCUT2D eigenvalue weighted by Gasteiger charge is 2.26. The summed E-state index contributed by atoms with van der Waals surface area (Å²) in [5.41, 5.74) is 1.47. The molecular formula is C27H24FN3O3. The third kappa shape index (κ3) is 3.90. The lowest BCUT2D eigenvalue weighted by Gasteiger charge is -2.36. The standard InChI is InChI=1S/C27H24FN3O3/c1-34-20-12-10-19(11-13-20)31-18-23(21-6-2-3-7-22(21)27(31)33)26(32)30-16-14-29(15-17-30)25-9-5-4-8-24(25)28/h2-13,18H,14-17H2,1H3. The van der Waals surface area contributed by atoms with Gasteiger partial charge in [0, 0.05) is 48.8 Å². The molecule has 7 heteroatoms. The molecule has 172 valence electrons. The predicted octanol–water partition coefficient (Wildman–Crippen LogP) is 4.10. The van der Waals surface area contributed by atoms with Gasteiger partial charge in [-0.1, -0.05) is 30.3 Å². The second kappa shape index (κ2) is 9.02. The van der Waals surface area contributed by atoms with Gasteiger partial charge in [-0.3, -0.25) is 14.2 Å². The number of para-hydroxylation sites is 1. The molecule has 0 bridgehead atoms. The van der Waals surface area contributed by atoms with E-state index in [0.29, 0.717) is 59.6 Å². The topological polar surface area (TPSA) is 54.8 Å². The van der Waals surface area contributed by atoms with Gasteiger partial charge >= 0.3 is 0 Å². The predicted molar refractivity (Wildman–Crippen MR) is 131 cm³/mol. The van der Waals surface area contributed by atoms with E-state index in [1.54, 1.807) is 72.8 Å². The Hall–Kier alpha value is -4.13. The number of hydrogen-bond acceptors (Lipinski definition) is 4. The number of methoxy groups -OCH3 is 1. The molecule has 1 saturated heterocycles. The van der Waals surface area contributed by atoms with E-state index in [2.05, 4.69) is 0 Å². The lowest BCUT2D eigenvalue weighted by atomic mass is 10.1. The number of piperazine rings is 1. The van der Waals surface area contributed by atoms with Crippen LogP contribution in [0.25, 0.3) is 16.5 Å². The molecule has 0 atom stereocenters. The molecule has 0 spiro atoms. The lowest BCUT2D eigenvalue weighted by molar-refractivity contribution is 0.0748. The number of benzene rings is 3. The molecule has 34 heavy (non-hydrogen) atoms. The first-order valence-electron chi connectivity index (χ1n) is 11.1. The van der Waals surface area contributed by atoms with Gasteiger partial charge in [0.1, 0.15) is 11.6 Å². The number of pyridine rings is 1. The smallest absolute Gasteiger partial charge is 0.262 e. The van der Waals surface area contributed by atoms with Crippen LogP contribution in [0.2, 0.25) is 0 Å². The Morgan fingerprint density at radius 2 is 1.50 bits per heavy atom. The number of hydrogen-bond donors (Lipinski definition) is 0. The van der Waals surface area contributed by atoms with Crippen molar-refractivity contribution in [2.24, 2.45) is 0 Å². The number of carbonyl (C=O) groups is 1. The molecule has 4 aromatic rings. The van der Waals surface area contributed by atoms with E-state index < -0.39 is 0 Å². The Bertz CT molecular complexity index is 1410. The molecule has 6 nitrogen and oxygen atoms in total. The van der Waals surface area contributed by atoms with Gasteiger partial charge in [-0.05, 0) is 42.5 Å². The minimum Gasteiger partial charge on any atom is -0.497 e. The Morgan fingerprint density at radius 3 is 2.18 bits per heavy atom. The van der Waals surface area contributed by atoms with Crippen LogP contribution in [0.5, 0.6) is 5.75 Å². The monoisotopic (exact) mass is 457 g/mol. The van der Waals surface area contributed by atoms with Crippen molar-refractivity contribution in [1.29, 1.82) is 0 Å². The highest BCUT2D eigenvalue weighted by molar-refractivity contribution is 6.06. The maximum atomic E-state index is 14.2. The van der Waals surface area contributed by atoms with Crippen LogP contribution < -0.4 is 15.2 Å². The van der Waals surface area contributed by atoms with Crippen LogP contribution in [0.4, 0.5) is 10.1 Å². The SMILES string of the molecule is COc1ccc(-n2cc(C(=O)N3CCN(c4ccccc4F)CC3)c3ccccc3c2=O)cc1. The van der Waals surface area contributed by atoms with Crippen LogP contribution in [0, 0.1) is 5.82 Å². The maximum absolute atomic E-state index is 14.2. The number of nitrogens with zero attached hydrogens (tertiary/aromatic N) is 3. The molecule has 0 aliphatic carbocycles. The fourth-order valence-electron chi connectivity index (χ4n) is 4.43. The Labute approximate surface area is 196 Å². The van der Waals surface area contributed by atoms with Crippen molar-refractivity contribution in [1.82, 2.24) is 9.47 Å². The van der Waals surface area contributed by atoms with Gasteiger partial charge in [0.2, 0.25) is 0 Å². The fraction of sp³-hybridized carbons (Fsp3) is 0.185. The van der Waals surface area contributed by atoms with Crippen LogP contribution in [0.15, 0.2) is 83.8 Å². The van der Waals surface area contributed by atoms with Crippen molar-refractivity contribution in [3.05, 3.63) is 101 Å². The van der Waals surface area contributed by atoms with Crippen molar-refractivity contribution < 1.29 is 13.9 Å². The van der Waals surface area contributed by atoms with Crippen LogP contribution in [0.1, 0.15) is 10.4 Å². The summed E-state index contributed by atoms with van der Waals surface area (Å²) >= 11 is 0. The summed E-state index contributed by atoms with van der Waals surface area (Å²) in [5, 5.41) is 1.10. The second-order valence-electron chi connectivity index (χ2n) is 8.19. The average Bonchev–Trinajstić information content (AvgIpc) is 2.89. The van der Waals surface area contributed by atoms with Gasteiger partial charge < -0.3 is 14.5 Å². The van der Waals surface area contributed by atoms with Gasteiger partial charge in [0.15, 0.2) is 0 Å². The highest BCUT2D eigenvalue weighted by atomic mass is 19.1. The molecule has 5 rings (SSSR count).